The van der Waals surface area contributed by atoms with E-state index in [0.29, 0.717) is 6.04 Å². The third-order valence-corrected chi connectivity index (χ3v) is 6.64. The molecule has 1 aromatic rings. The molecule has 0 saturated heterocycles. The molecule has 0 aliphatic carbocycles. The van der Waals surface area contributed by atoms with E-state index >= 15 is 0 Å². The van der Waals surface area contributed by atoms with Crippen molar-refractivity contribution in [2.45, 2.75) is 135 Å². The van der Waals surface area contributed by atoms with Gasteiger partial charge < -0.3 is 4.90 Å². The van der Waals surface area contributed by atoms with E-state index in [1.807, 2.05) is 0 Å². The lowest BCUT2D eigenvalue weighted by Crippen LogP contribution is -2.19. The van der Waals surface area contributed by atoms with Crippen molar-refractivity contribution in [3.05, 3.63) is 35.9 Å². The van der Waals surface area contributed by atoms with Gasteiger partial charge in [0.05, 0.1) is 0 Å². The van der Waals surface area contributed by atoms with Gasteiger partial charge in [-0.2, -0.15) is 0 Å². The fourth-order valence-electron chi connectivity index (χ4n) is 4.64. The molecule has 1 nitrogen and oxygen atoms in total. The van der Waals surface area contributed by atoms with Crippen molar-refractivity contribution in [3.63, 3.8) is 0 Å². The molecule has 0 fully saturated rings. The number of benzene rings is 1. The highest BCUT2D eigenvalue weighted by molar-refractivity contribution is 5.18. The van der Waals surface area contributed by atoms with Crippen molar-refractivity contribution in [3.8, 4) is 0 Å². The Bertz CT molecular complexity index is 453. The molecule has 1 aromatic carbocycles. The standard InChI is InChI=1S/C29H53N/c1-4-5-6-7-8-9-10-11-12-13-14-15-16-17-18-19-20-24-27-29(30(2)3)28-25-22-21-23-26-28/h21-23,25-26,29H,4-20,24,27H2,1-3H3. The molecule has 0 spiro atoms. The van der Waals surface area contributed by atoms with Crippen LogP contribution in [0.25, 0.3) is 0 Å². The first kappa shape index (κ1) is 27.2. The van der Waals surface area contributed by atoms with Crippen LogP contribution in [-0.2, 0) is 0 Å². The van der Waals surface area contributed by atoms with E-state index in [4.69, 9.17) is 0 Å². The van der Waals surface area contributed by atoms with Gasteiger partial charge in [0.25, 0.3) is 0 Å². The van der Waals surface area contributed by atoms with Crippen molar-refractivity contribution in [1.82, 2.24) is 4.90 Å². The Balaban J connectivity index is 1.83. The molecule has 0 saturated carbocycles. The minimum atomic E-state index is 0.576. The third kappa shape index (κ3) is 15.1. The lowest BCUT2D eigenvalue weighted by atomic mass is 9.98. The van der Waals surface area contributed by atoms with Crippen LogP contribution in [0.3, 0.4) is 0 Å². The Labute approximate surface area is 190 Å². The van der Waals surface area contributed by atoms with Crippen LogP contribution in [0.1, 0.15) is 141 Å². The molecule has 0 radical (unpaired) electrons. The van der Waals surface area contributed by atoms with Crippen LogP contribution in [0.5, 0.6) is 0 Å². The maximum absolute atomic E-state index is 2.38. The summed E-state index contributed by atoms with van der Waals surface area (Å²) in [4.78, 5) is 2.38. The largest absolute Gasteiger partial charge is 0.302 e. The molecule has 0 N–H and O–H groups in total. The quantitative estimate of drug-likeness (QED) is 0.181. The Hall–Kier alpha value is -0.820. The summed E-state index contributed by atoms with van der Waals surface area (Å²) in [5.41, 5.74) is 1.47. The molecule has 1 unspecified atom stereocenters. The Morgan fingerprint density at radius 2 is 0.900 bits per heavy atom. The van der Waals surface area contributed by atoms with E-state index in [0.717, 1.165) is 0 Å². The summed E-state index contributed by atoms with van der Waals surface area (Å²) in [7, 11) is 4.43. The molecule has 1 atom stereocenters. The Kier molecular flexibility index (Phi) is 18.2. The second kappa shape index (κ2) is 20.1. The van der Waals surface area contributed by atoms with E-state index in [1.165, 1.54) is 128 Å². The van der Waals surface area contributed by atoms with Gasteiger partial charge in [0.2, 0.25) is 0 Å². The smallest absolute Gasteiger partial charge is 0.0342 e. The van der Waals surface area contributed by atoms with Crippen LogP contribution < -0.4 is 0 Å². The van der Waals surface area contributed by atoms with Gasteiger partial charge in [-0.25, -0.2) is 0 Å². The topological polar surface area (TPSA) is 3.24 Å². The molecular formula is C29H53N. The van der Waals surface area contributed by atoms with Crippen LogP contribution in [0.2, 0.25) is 0 Å². The lowest BCUT2D eigenvalue weighted by Gasteiger charge is -2.24. The van der Waals surface area contributed by atoms with Gasteiger partial charge in [-0.3, -0.25) is 0 Å². The average Bonchev–Trinajstić information content (AvgIpc) is 2.76. The zero-order chi connectivity index (χ0) is 21.7. The van der Waals surface area contributed by atoms with Gasteiger partial charge in [-0.15, -0.1) is 0 Å². The maximum atomic E-state index is 2.38. The summed E-state index contributed by atoms with van der Waals surface area (Å²) in [6, 6.07) is 11.6. The highest BCUT2D eigenvalue weighted by atomic mass is 15.1. The first-order valence-corrected chi connectivity index (χ1v) is 13.5. The molecule has 0 amide bonds. The van der Waals surface area contributed by atoms with Crippen LogP contribution in [0.15, 0.2) is 30.3 Å². The molecule has 0 bridgehead atoms. The van der Waals surface area contributed by atoms with Crippen LogP contribution >= 0.6 is 0 Å². The second-order valence-electron chi connectivity index (χ2n) is 9.69. The second-order valence-corrected chi connectivity index (χ2v) is 9.69. The average molecular weight is 416 g/mol. The van der Waals surface area contributed by atoms with Gasteiger partial charge in [-0.1, -0.05) is 153 Å². The third-order valence-electron chi connectivity index (χ3n) is 6.64. The number of hydrogen-bond acceptors (Lipinski definition) is 1. The fourth-order valence-corrected chi connectivity index (χ4v) is 4.64. The summed E-state index contributed by atoms with van der Waals surface area (Å²) < 4.78 is 0. The molecule has 1 rings (SSSR count). The van der Waals surface area contributed by atoms with E-state index in [1.54, 1.807) is 0 Å². The van der Waals surface area contributed by atoms with Crippen molar-refractivity contribution in [2.75, 3.05) is 14.1 Å². The first-order chi connectivity index (χ1) is 14.8. The molecule has 1 heteroatoms. The SMILES string of the molecule is CCCCCCCCCCCCCCCCCCCCC(c1ccccc1)N(C)C. The van der Waals surface area contributed by atoms with Gasteiger partial charge >= 0.3 is 0 Å². The van der Waals surface area contributed by atoms with Gasteiger partial charge in [-0.05, 0) is 26.1 Å². The van der Waals surface area contributed by atoms with Crippen molar-refractivity contribution >= 4 is 0 Å². The maximum Gasteiger partial charge on any atom is 0.0342 e. The fraction of sp³-hybridized carbons (Fsp3) is 0.793. The van der Waals surface area contributed by atoms with Crippen LogP contribution in [-0.4, -0.2) is 19.0 Å². The zero-order valence-corrected chi connectivity index (χ0v) is 20.8. The summed E-state index contributed by atoms with van der Waals surface area (Å²) in [5.74, 6) is 0. The predicted octanol–water partition coefficient (Wildman–Crippen LogP) is 9.72. The number of hydrogen-bond donors (Lipinski definition) is 0. The Morgan fingerprint density at radius 3 is 1.27 bits per heavy atom. The minimum absolute atomic E-state index is 0.576. The lowest BCUT2D eigenvalue weighted by molar-refractivity contribution is 0.276. The molecule has 0 aliphatic heterocycles. The zero-order valence-electron chi connectivity index (χ0n) is 20.8. The predicted molar refractivity (Wildman–Crippen MR) is 136 cm³/mol. The molecule has 174 valence electrons. The van der Waals surface area contributed by atoms with E-state index in [9.17, 15) is 0 Å². The Morgan fingerprint density at radius 1 is 0.533 bits per heavy atom. The van der Waals surface area contributed by atoms with E-state index in [2.05, 4.69) is 56.3 Å². The summed E-state index contributed by atoms with van der Waals surface area (Å²) in [6.45, 7) is 2.30. The number of unbranched alkanes of at least 4 members (excludes halogenated alkanes) is 17. The number of nitrogens with zero attached hydrogens (tertiary/aromatic N) is 1. The normalized spacial score (nSPS) is 12.5. The van der Waals surface area contributed by atoms with Crippen molar-refractivity contribution < 1.29 is 0 Å². The molecule has 0 aliphatic rings. The molecule has 0 aromatic heterocycles. The van der Waals surface area contributed by atoms with Crippen LogP contribution in [0.4, 0.5) is 0 Å². The van der Waals surface area contributed by atoms with Crippen molar-refractivity contribution in [1.29, 1.82) is 0 Å². The van der Waals surface area contributed by atoms with E-state index in [-0.39, 0.29) is 0 Å². The van der Waals surface area contributed by atoms with Crippen LogP contribution in [0, 0.1) is 0 Å². The summed E-state index contributed by atoms with van der Waals surface area (Å²) in [5, 5.41) is 0. The van der Waals surface area contributed by atoms with Gasteiger partial charge in [0, 0.05) is 6.04 Å². The summed E-state index contributed by atoms with van der Waals surface area (Å²) in [6.07, 6.45) is 27.3. The van der Waals surface area contributed by atoms with Crippen molar-refractivity contribution in [2.24, 2.45) is 0 Å². The molecular weight excluding hydrogens is 362 g/mol. The van der Waals surface area contributed by atoms with Gasteiger partial charge in [0.15, 0.2) is 0 Å². The van der Waals surface area contributed by atoms with Gasteiger partial charge in [0.1, 0.15) is 0 Å². The monoisotopic (exact) mass is 415 g/mol. The minimum Gasteiger partial charge on any atom is -0.302 e. The number of rotatable bonds is 21. The van der Waals surface area contributed by atoms with E-state index < -0.39 is 0 Å². The summed E-state index contributed by atoms with van der Waals surface area (Å²) >= 11 is 0. The first-order valence-electron chi connectivity index (χ1n) is 13.5. The highest BCUT2D eigenvalue weighted by Gasteiger charge is 2.12. The molecule has 30 heavy (non-hydrogen) atoms. The highest BCUT2D eigenvalue weighted by Crippen LogP contribution is 2.24. The molecule has 0 heterocycles.